The highest BCUT2D eigenvalue weighted by Gasteiger charge is 2.12. The van der Waals surface area contributed by atoms with Crippen molar-refractivity contribution < 1.29 is 0 Å². The van der Waals surface area contributed by atoms with Crippen molar-refractivity contribution in [2.45, 2.75) is 13.5 Å². The molecule has 1 nitrogen and oxygen atoms in total. The molecule has 0 fully saturated rings. The monoisotopic (exact) mass is 373 g/mol. The van der Waals surface area contributed by atoms with Gasteiger partial charge in [-0.3, -0.25) is 0 Å². The lowest BCUT2D eigenvalue weighted by Crippen LogP contribution is -2.01. The molecular formula is C18H16IN. The molecule has 2 heteroatoms. The maximum atomic E-state index is 4.07. The second-order valence-corrected chi connectivity index (χ2v) is 6.27. The summed E-state index contributed by atoms with van der Waals surface area (Å²) in [5.41, 5.74) is 4.98. The fourth-order valence-corrected chi connectivity index (χ4v) is 3.21. The summed E-state index contributed by atoms with van der Waals surface area (Å²) in [4.78, 5) is 0. The lowest BCUT2D eigenvalue weighted by Gasteiger charge is -2.12. The van der Waals surface area contributed by atoms with Crippen LogP contribution in [0, 0.1) is 3.57 Å². The molecule has 1 heterocycles. The van der Waals surface area contributed by atoms with E-state index >= 15 is 0 Å². The van der Waals surface area contributed by atoms with Gasteiger partial charge in [-0.2, -0.15) is 0 Å². The van der Waals surface area contributed by atoms with Gasteiger partial charge in [-0.1, -0.05) is 48.6 Å². The Labute approximate surface area is 133 Å². The summed E-state index contributed by atoms with van der Waals surface area (Å²) in [6, 6.07) is 19.3. The van der Waals surface area contributed by atoms with Crippen molar-refractivity contribution >= 4 is 33.5 Å². The highest BCUT2D eigenvalue weighted by atomic mass is 127. The van der Waals surface area contributed by atoms with Gasteiger partial charge in [-0.25, -0.2) is 0 Å². The predicted molar refractivity (Wildman–Crippen MR) is 94.9 cm³/mol. The lowest BCUT2D eigenvalue weighted by atomic mass is 10.1. The molecular weight excluding hydrogens is 357 g/mol. The average Bonchev–Trinajstić information content (AvgIpc) is 2.78. The van der Waals surface area contributed by atoms with Crippen molar-refractivity contribution in [2.24, 2.45) is 0 Å². The zero-order valence-electron chi connectivity index (χ0n) is 11.4. The van der Waals surface area contributed by atoms with Gasteiger partial charge < -0.3 is 4.57 Å². The van der Waals surface area contributed by atoms with Crippen LogP contribution >= 0.6 is 22.6 Å². The molecule has 0 atom stereocenters. The Morgan fingerprint density at radius 1 is 1.10 bits per heavy atom. The van der Waals surface area contributed by atoms with E-state index in [1.165, 1.54) is 31.3 Å². The number of para-hydroxylation sites is 1. The Kier molecular flexibility index (Phi) is 3.66. The van der Waals surface area contributed by atoms with E-state index in [4.69, 9.17) is 0 Å². The maximum absolute atomic E-state index is 4.07. The second-order valence-electron chi connectivity index (χ2n) is 5.11. The second kappa shape index (κ2) is 5.44. The molecule has 0 N–H and O–H groups in total. The molecule has 0 saturated carbocycles. The molecule has 0 aliphatic heterocycles. The van der Waals surface area contributed by atoms with Gasteiger partial charge in [0.05, 0.1) is 5.69 Å². The first kappa shape index (κ1) is 13.4. The Hall–Kier alpha value is -1.55. The van der Waals surface area contributed by atoms with Crippen LogP contribution in [0.1, 0.15) is 6.92 Å². The van der Waals surface area contributed by atoms with Crippen LogP contribution in [-0.4, -0.2) is 4.57 Å². The largest absolute Gasteiger partial charge is 0.336 e. The Morgan fingerprint density at radius 3 is 2.55 bits per heavy atom. The van der Waals surface area contributed by atoms with Crippen LogP contribution in [0.25, 0.3) is 22.2 Å². The van der Waals surface area contributed by atoms with E-state index in [0.717, 1.165) is 6.54 Å². The maximum Gasteiger partial charge on any atom is 0.0505 e. The quantitative estimate of drug-likeness (QED) is 0.423. The molecule has 0 aliphatic carbocycles. The summed E-state index contributed by atoms with van der Waals surface area (Å²) < 4.78 is 3.63. The SMILES string of the molecule is C=C(C)Cn1c(-c2ccccc2I)cc2ccccc21. The fourth-order valence-electron chi connectivity index (χ4n) is 2.54. The minimum atomic E-state index is 0.855. The molecule has 3 aromatic rings. The molecule has 20 heavy (non-hydrogen) atoms. The molecule has 0 amide bonds. The molecule has 0 spiro atoms. The van der Waals surface area contributed by atoms with Crippen molar-refractivity contribution in [3.05, 3.63) is 70.3 Å². The predicted octanol–water partition coefficient (Wildman–Crippen LogP) is 5.49. The fraction of sp³-hybridized carbons (Fsp3) is 0.111. The first-order valence-electron chi connectivity index (χ1n) is 6.64. The van der Waals surface area contributed by atoms with Crippen molar-refractivity contribution in [1.29, 1.82) is 0 Å². The first-order valence-corrected chi connectivity index (χ1v) is 7.72. The first-order chi connectivity index (χ1) is 9.66. The van der Waals surface area contributed by atoms with Crippen molar-refractivity contribution in [3.63, 3.8) is 0 Å². The van der Waals surface area contributed by atoms with Crippen molar-refractivity contribution in [2.75, 3.05) is 0 Å². The minimum Gasteiger partial charge on any atom is -0.336 e. The molecule has 0 aliphatic rings. The number of allylic oxidation sites excluding steroid dienone is 1. The third-order valence-electron chi connectivity index (χ3n) is 3.39. The smallest absolute Gasteiger partial charge is 0.0505 e. The lowest BCUT2D eigenvalue weighted by molar-refractivity contribution is 0.830. The van der Waals surface area contributed by atoms with E-state index in [1.807, 2.05) is 0 Å². The summed E-state index contributed by atoms with van der Waals surface area (Å²) in [6.45, 7) is 7.00. The average molecular weight is 373 g/mol. The normalized spacial score (nSPS) is 10.9. The standard InChI is InChI=1S/C18H16IN/c1-13(2)12-20-17-10-6-3-7-14(17)11-18(20)15-8-4-5-9-16(15)19/h3-11H,1,12H2,2H3. The number of benzene rings is 2. The summed E-state index contributed by atoms with van der Waals surface area (Å²) in [5.74, 6) is 0. The van der Waals surface area contributed by atoms with Gasteiger partial charge in [0.1, 0.15) is 0 Å². The van der Waals surface area contributed by atoms with Crippen LogP contribution in [0.4, 0.5) is 0 Å². The molecule has 0 saturated heterocycles. The Bertz CT molecular complexity index is 783. The summed E-state index contributed by atoms with van der Waals surface area (Å²) in [7, 11) is 0. The molecule has 0 unspecified atom stereocenters. The third kappa shape index (κ3) is 2.40. The number of rotatable bonds is 3. The number of fused-ring (bicyclic) bond motifs is 1. The number of hydrogen-bond donors (Lipinski definition) is 0. The number of halogens is 1. The van der Waals surface area contributed by atoms with Crippen LogP contribution in [0.3, 0.4) is 0 Å². The highest BCUT2D eigenvalue weighted by molar-refractivity contribution is 14.1. The van der Waals surface area contributed by atoms with E-state index in [2.05, 4.69) is 95.3 Å². The zero-order valence-corrected chi connectivity index (χ0v) is 13.6. The summed E-state index contributed by atoms with van der Waals surface area (Å²) in [6.07, 6.45) is 0. The van der Waals surface area contributed by atoms with Gasteiger partial charge in [-0.05, 0) is 47.7 Å². The number of nitrogens with zero attached hydrogens (tertiary/aromatic N) is 1. The highest BCUT2D eigenvalue weighted by Crippen LogP contribution is 2.31. The van der Waals surface area contributed by atoms with Crippen LogP contribution < -0.4 is 0 Å². The van der Waals surface area contributed by atoms with E-state index in [-0.39, 0.29) is 0 Å². The summed E-state index contributed by atoms with van der Waals surface area (Å²) in [5, 5.41) is 1.28. The molecule has 0 radical (unpaired) electrons. The molecule has 100 valence electrons. The van der Waals surface area contributed by atoms with E-state index < -0.39 is 0 Å². The van der Waals surface area contributed by atoms with Gasteiger partial charge in [0.15, 0.2) is 0 Å². The van der Waals surface area contributed by atoms with E-state index in [9.17, 15) is 0 Å². The van der Waals surface area contributed by atoms with Crippen LogP contribution in [-0.2, 0) is 6.54 Å². The van der Waals surface area contributed by atoms with Gasteiger partial charge in [0.2, 0.25) is 0 Å². The van der Waals surface area contributed by atoms with E-state index in [1.54, 1.807) is 0 Å². The molecule has 2 aromatic carbocycles. The summed E-state index contributed by atoms with van der Waals surface area (Å²) >= 11 is 2.40. The molecule has 1 aromatic heterocycles. The Balaban J connectivity index is 2.29. The van der Waals surface area contributed by atoms with Gasteiger partial charge >= 0.3 is 0 Å². The van der Waals surface area contributed by atoms with Crippen LogP contribution in [0.5, 0.6) is 0 Å². The number of hydrogen-bond acceptors (Lipinski definition) is 0. The molecule has 3 rings (SSSR count). The minimum absolute atomic E-state index is 0.855. The van der Waals surface area contributed by atoms with Gasteiger partial charge in [0.25, 0.3) is 0 Å². The number of aromatic nitrogens is 1. The molecule has 0 bridgehead atoms. The zero-order chi connectivity index (χ0) is 14.1. The van der Waals surface area contributed by atoms with E-state index in [0.29, 0.717) is 0 Å². The van der Waals surface area contributed by atoms with Crippen LogP contribution in [0.2, 0.25) is 0 Å². The Morgan fingerprint density at radius 2 is 1.80 bits per heavy atom. The third-order valence-corrected chi connectivity index (χ3v) is 4.33. The van der Waals surface area contributed by atoms with Crippen molar-refractivity contribution in [3.8, 4) is 11.3 Å². The van der Waals surface area contributed by atoms with Gasteiger partial charge in [-0.15, -0.1) is 0 Å². The topological polar surface area (TPSA) is 4.93 Å². The van der Waals surface area contributed by atoms with Gasteiger partial charge in [0, 0.05) is 26.6 Å². The van der Waals surface area contributed by atoms with Crippen LogP contribution in [0.15, 0.2) is 66.7 Å². The van der Waals surface area contributed by atoms with Crippen molar-refractivity contribution in [1.82, 2.24) is 4.57 Å².